The van der Waals surface area contributed by atoms with Gasteiger partial charge < -0.3 is 15.2 Å². The number of ether oxygens (including phenoxy) is 1. The van der Waals surface area contributed by atoms with Crippen LogP contribution in [0.4, 0.5) is 4.79 Å². The number of imide groups is 1. The molecular formula is C11H16N4O5. The average molecular weight is 284 g/mol. The van der Waals surface area contributed by atoms with Gasteiger partial charge in [0.2, 0.25) is 0 Å². The summed E-state index contributed by atoms with van der Waals surface area (Å²) in [5, 5.41) is 16.8. The first-order chi connectivity index (χ1) is 9.47. The highest BCUT2D eigenvalue weighted by atomic mass is 16.5. The van der Waals surface area contributed by atoms with Gasteiger partial charge in [-0.05, 0) is 12.5 Å². The highest BCUT2D eigenvalue weighted by Crippen LogP contribution is 1.92. The third-order valence-corrected chi connectivity index (χ3v) is 2.10. The summed E-state index contributed by atoms with van der Waals surface area (Å²) < 4.78 is 6.19. The van der Waals surface area contributed by atoms with Gasteiger partial charge in [0.25, 0.3) is 5.91 Å². The van der Waals surface area contributed by atoms with Crippen LogP contribution in [0, 0.1) is 6.92 Å². The molecule has 9 heteroatoms. The van der Waals surface area contributed by atoms with Crippen LogP contribution in [0.15, 0.2) is 12.4 Å². The van der Waals surface area contributed by atoms with Gasteiger partial charge in [0.15, 0.2) is 0 Å². The zero-order chi connectivity index (χ0) is 15.0. The molecule has 0 atom stereocenters. The Morgan fingerprint density at radius 1 is 1.40 bits per heavy atom. The molecule has 0 aliphatic heterocycles. The second kappa shape index (κ2) is 7.89. The second-order valence-corrected chi connectivity index (χ2v) is 3.97. The molecule has 9 nitrogen and oxygen atoms in total. The summed E-state index contributed by atoms with van der Waals surface area (Å²) in [6, 6.07) is -0.669. The van der Waals surface area contributed by atoms with Crippen molar-refractivity contribution in [3.8, 4) is 0 Å². The van der Waals surface area contributed by atoms with Crippen LogP contribution in [-0.2, 0) is 20.9 Å². The Morgan fingerprint density at radius 3 is 2.75 bits per heavy atom. The fourth-order valence-electron chi connectivity index (χ4n) is 1.31. The van der Waals surface area contributed by atoms with Crippen LogP contribution in [0.3, 0.4) is 0 Å². The summed E-state index contributed by atoms with van der Waals surface area (Å²) in [6.07, 6.45) is 3.52. The topological polar surface area (TPSA) is 123 Å². The average Bonchev–Trinajstić information content (AvgIpc) is 2.74. The molecule has 0 unspecified atom stereocenters. The first kappa shape index (κ1) is 15.6. The lowest BCUT2D eigenvalue weighted by atomic mass is 10.4. The molecule has 20 heavy (non-hydrogen) atoms. The van der Waals surface area contributed by atoms with Crippen LogP contribution in [-0.4, -0.2) is 52.6 Å². The molecule has 1 aromatic rings. The van der Waals surface area contributed by atoms with Gasteiger partial charge in [0.1, 0.15) is 13.2 Å². The van der Waals surface area contributed by atoms with Gasteiger partial charge in [-0.3, -0.25) is 14.8 Å². The van der Waals surface area contributed by atoms with E-state index in [0.29, 0.717) is 13.1 Å². The van der Waals surface area contributed by atoms with Crippen molar-refractivity contribution >= 4 is 17.9 Å². The molecule has 0 fully saturated rings. The van der Waals surface area contributed by atoms with Gasteiger partial charge >= 0.3 is 12.0 Å². The third kappa shape index (κ3) is 6.50. The minimum absolute atomic E-state index is 0.302. The van der Waals surface area contributed by atoms with Crippen LogP contribution in [0.25, 0.3) is 0 Å². The summed E-state index contributed by atoms with van der Waals surface area (Å²) in [4.78, 5) is 32.6. The Bertz CT molecular complexity index is 485. The van der Waals surface area contributed by atoms with Crippen LogP contribution < -0.4 is 10.6 Å². The highest BCUT2D eigenvalue weighted by Gasteiger charge is 2.08. The SMILES string of the molecule is Cc1cnn(CCNC(=O)NC(=O)COCC(=O)O)c1. The quantitative estimate of drug-likeness (QED) is 0.597. The fraction of sp³-hybridized carbons (Fsp3) is 0.455. The molecule has 0 bridgehead atoms. The standard InChI is InChI=1S/C11H16N4O5/c1-8-4-13-15(5-8)3-2-12-11(19)14-9(16)6-20-7-10(17)18/h4-5H,2-3,6-7H2,1H3,(H,17,18)(H2,12,14,16,19). The van der Waals surface area contributed by atoms with E-state index in [1.807, 2.05) is 18.4 Å². The number of aromatic nitrogens is 2. The van der Waals surface area contributed by atoms with E-state index in [9.17, 15) is 14.4 Å². The molecule has 1 aromatic heterocycles. The Hall–Kier alpha value is -2.42. The van der Waals surface area contributed by atoms with Gasteiger partial charge in [-0.2, -0.15) is 5.10 Å². The van der Waals surface area contributed by atoms with E-state index in [0.717, 1.165) is 5.56 Å². The molecule has 1 heterocycles. The van der Waals surface area contributed by atoms with E-state index in [-0.39, 0.29) is 0 Å². The smallest absolute Gasteiger partial charge is 0.329 e. The van der Waals surface area contributed by atoms with Crippen LogP contribution in [0.5, 0.6) is 0 Å². The lowest BCUT2D eigenvalue weighted by Crippen LogP contribution is -2.42. The van der Waals surface area contributed by atoms with E-state index in [1.165, 1.54) is 0 Å². The molecule has 0 aromatic carbocycles. The van der Waals surface area contributed by atoms with Crippen LogP contribution in [0.2, 0.25) is 0 Å². The lowest BCUT2D eigenvalue weighted by Gasteiger charge is -2.06. The molecule has 0 saturated carbocycles. The predicted octanol–water partition coefficient (Wildman–Crippen LogP) is -0.881. The van der Waals surface area contributed by atoms with Crippen molar-refractivity contribution in [1.29, 1.82) is 0 Å². The summed E-state index contributed by atoms with van der Waals surface area (Å²) in [7, 11) is 0. The van der Waals surface area contributed by atoms with Gasteiger partial charge in [-0.25, -0.2) is 9.59 Å². The number of hydrogen-bond donors (Lipinski definition) is 3. The van der Waals surface area contributed by atoms with Crippen molar-refractivity contribution in [3.63, 3.8) is 0 Å². The number of carbonyl (C=O) groups excluding carboxylic acids is 2. The largest absolute Gasteiger partial charge is 0.480 e. The van der Waals surface area contributed by atoms with Crippen molar-refractivity contribution in [2.45, 2.75) is 13.5 Å². The first-order valence-corrected chi connectivity index (χ1v) is 5.83. The number of carboxylic acids is 1. The van der Waals surface area contributed by atoms with Crippen molar-refractivity contribution in [2.75, 3.05) is 19.8 Å². The van der Waals surface area contributed by atoms with Crippen molar-refractivity contribution in [1.82, 2.24) is 20.4 Å². The minimum Gasteiger partial charge on any atom is -0.480 e. The van der Waals surface area contributed by atoms with Crippen molar-refractivity contribution in [2.24, 2.45) is 0 Å². The maximum absolute atomic E-state index is 11.3. The van der Waals surface area contributed by atoms with E-state index in [1.54, 1.807) is 10.9 Å². The zero-order valence-electron chi connectivity index (χ0n) is 11.0. The monoisotopic (exact) mass is 284 g/mol. The van der Waals surface area contributed by atoms with Crippen molar-refractivity contribution < 1.29 is 24.2 Å². The van der Waals surface area contributed by atoms with E-state index in [2.05, 4.69) is 15.2 Å². The minimum atomic E-state index is -1.18. The van der Waals surface area contributed by atoms with Gasteiger partial charge in [0.05, 0.1) is 12.7 Å². The summed E-state index contributed by atoms with van der Waals surface area (Å²) in [5.74, 6) is -1.89. The second-order valence-electron chi connectivity index (χ2n) is 3.97. The number of urea groups is 1. The van der Waals surface area contributed by atoms with E-state index >= 15 is 0 Å². The number of amides is 3. The fourth-order valence-corrected chi connectivity index (χ4v) is 1.31. The van der Waals surface area contributed by atoms with E-state index < -0.39 is 31.1 Å². The molecule has 0 spiro atoms. The number of carbonyl (C=O) groups is 3. The Kier molecular flexibility index (Phi) is 6.17. The number of hydrogen-bond acceptors (Lipinski definition) is 5. The molecule has 3 N–H and O–H groups in total. The summed E-state index contributed by atoms with van der Waals surface area (Å²) >= 11 is 0. The number of carboxylic acid groups (broad SMARTS) is 1. The Labute approximate surface area is 114 Å². The first-order valence-electron chi connectivity index (χ1n) is 5.83. The van der Waals surface area contributed by atoms with Gasteiger partial charge in [-0.1, -0.05) is 0 Å². The molecule has 0 aliphatic carbocycles. The Morgan fingerprint density at radius 2 is 2.15 bits per heavy atom. The molecule has 3 amide bonds. The normalized spacial score (nSPS) is 10.1. The molecule has 0 aliphatic rings. The number of aliphatic carboxylic acids is 1. The van der Waals surface area contributed by atoms with Crippen LogP contribution in [0.1, 0.15) is 5.56 Å². The number of aryl methyl sites for hydroxylation is 1. The molecule has 110 valence electrons. The highest BCUT2D eigenvalue weighted by molar-refractivity contribution is 5.94. The number of nitrogens with one attached hydrogen (secondary N) is 2. The maximum Gasteiger partial charge on any atom is 0.329 e. The number of nitrogens with zero attached hydrogens (tertiary/aromatic N) is 2. The summed E-state index contributed by atoms with van der Waals surface area (Å²) in [5.41, 5.74) is 1.01. The third-order valence-electron chi connectivity index (χ3n) is 2.10. The zero-order valence-corrected chi connectivity index (χ0v) is 11.0. The van der Waals surface area contributed by atoms with Crippen molar-refractivity contribution in [3.05, 3.63) is 18.0 Å². The molecular weight excluding hydrogens is 268 g/mol. The van der Waals surface area contributed by atoms with Gasteiger partial charge in [-0.15, -0.1) is 0 Å². The van der Waals surface area contributed by atoms with E-state index in [4.69, 9.17) is 5.11 Å². The Balaban J connectivity index is 2.13. The molecule has 1 rings (SSSR count). The maximum atomic E-state index is 11.3. The van der Waals surface area contributed by atoms with Gasteiger partial charge in [0, 0.05) is 12.7 Å². The number of rotatable bonds is 7. The molecule has 0 saturated heterocycles. The lowest BCUT2D eigenvalue weighted by molar-refractivity contribution is -0.143. The summed E-state index contributed by atoms with van der Waals surface area (Å²) in [6.45, 7) is 1.60. The predicted molar refractivity (Wildman–Crippen MR) is 67.0 cm³/mol. The molecule has 0 radical (unpaired) electrons. The van der Waals surface area contributed by atoms with Crippen LogP contribution >= 0.6 is 0 Å².